The molecule has 0 aliphatic carbocycles. The highest BCUT2D eigenvalue weighted by Gasteiger charge is 2.17. The van der Waals surface area contributed by atoms with Crippen molar-refractivity contribution in [2.24, 2.45) is 0 Å². The van der Waals surface area contributed by atoms with E-state index in [1.807, 2.05) is 37.3 Å². The lowest BCUT2D eigenvalue weighted by molar-refractivity contribution is 0.0775. The first kappa shape index (κ1) is 12.9. The molecule has 20 heavy (non-hydrogen) atoms. The van der Waals surface area contributed by atoms with Crippen LogP contribution in [0.1, 0.15) is 33.0 Å². The predicted octanol–water partition coefficient (Wildman–Crippen LogP) is 2.46. The molecule has 0 atom stereocenters. The molecule has 104 valence electrons. The summed E-state index contributed by atoms with van der Waals surface area (Å²) in [6, 6.07) is 9.74. The zero-order valence-electron chi connectivity index (χ0n) is 11.8. The second-order valence-electron chi connectivity index (χ2n) is 5.26. The maximum atomic E-state index is 12.4. The van der Waals surface area contributed by atoms with Crippen LogP contribution in [0.2, 0.25) is 0 Å². The van der Waals surface area contributed by atoms with Gasteiger partial charge in [0.1, 0.15) is 11.5 Å². The first-order chi connectivity index (χ1) is 9.63. The third-order valence-corrected chi connectivity index (χ3v) is 3.62. The minimum atomic E-state index is 0.0220. The fourth-order valence-corrected chi connectivity index (χ4v) is 2.52. The zero-order valence-corrected chi connectivity index (χ0v) is 11.8. The minimum Gasteiger partial charge on any atom is -0.464 e. The van der Waals surface area contributed by atoms with Gasteiger partial charge in [-0.2, -0.15) is 0 Å². The Balaban J connectivity index is 1.74. The molecule has 0 unspecified atom stereocenters. The Morgan fingerprint density at radius 1 is 1.25 bits per heavy atom. The number of hydrogen-bond donors (Lipinski definition) is 1. The largest absolute Gasteiger partial charge is 0.464 e. The summed E-state index contributed by atoms with van der Waals surface area (Å²) in [5, 5.41) is 3.29. The molecule has 0 spiro atoms. The number of nitrogens with zero attached hydrogens (tertiary/aromatic N) is 1. The Kier molecular flexibility index (Phi) is 3.32. The van der Waals surface area contributed by atoms with E-state index in [1.165, 1.54) is 11.1 Å². The van der Waals surface area contributed by atoms with E-state index in [1.54, 1.807) is 11.9 Å². The third kappa shape index (κ3) is 2.47. The Morgan fingerprint density at radius 3 is 2.80 bits per heavy atom. The Bertz CT molecular complexity index is 646. The second-order valence-corrected chi connectivity index (χ2v) is 5.26. The van der Waals surface area contributed by atoms with Crippen molar-refractivity contribution in [3.05, 3.63) is 58.5 Å². The van der Waals surface area contributed by atoms with Crippen LogP contribution in [-0.2, 0) is 19.6 Å². The van der Waals surface area contributed by atoms with Crippen molar-refractivity contribution in [3.63, 3.8) is 0 Å². The van der Waals surface area contributed by atoms with Crippen LogP contribution in [0.4, 0.5) is 0 Å². The molecule has 1 aliphatic rings. The van der Waals surface area contributed by atoms with Crippen LogP contribution < -0.4 is 5.32 Å². The molecule has 1 aliphatic heterocycles. The number of rotatable bonds is 3. The van der Waals surface area contributed by atoms with Gasteiger partial charge < -0.3 is 14.6 Å². The van der Waals surface area contributed by atoms with Gasteiger partial charge in [-0.15, -0.1) is 0 Å². The van der Waals surface area contributed by atoms with Crippen LogP contribution in [0.15, 0.2) is 34.7 Å². The van der Waals surface area contributed by atoms with E-state index < -0.39 is 0 Å². The molecule has 1 aromatic heterocycles. The van der Waals surface area contributed by atoms with Gasteiger partial charge in [-0.05, 0) is 42.3 Å². The normalized spacial score (nSPS) is 13.3. The number of benzene rings is 1. The number of furan rings is 1. The summed E-state index contributed by atoms with van der Waals surface area (Å²) in [5.74, 6) is 1.69. The van der Waals surface area contributed by atoms with Gasteiger partial charge in [0, 0.05) is 25.7 Å². The van der Waals surface area contributed by atoms with Crippen molar-refractivity contribution in [2.75, 3.05) is 7.05 Å². The molecule has 4 heteroatoms. The van der Waals surface area contributed by atoms with Crippen molar-refractivity contribution in [1.82, 2.24) is 10.2 Å². The van der Waals surface area contributed by atoms with E-state index in [2.05, 4.69) is 5.32 Å². The van der Waals surface area contributed by atoms with Gasteiger partial charge in [-0.1, -0.05) is 6.07 Å². The number of fused-ring (bicyclic) bond motifs is 1. The van der Waals surface area contributed by atoms with Gasteiger partial charge in [-0.3, -0.25) is 4.79 Å². The maximum absolute atomic E-state index is 12.4. The van der Waals surface area contributed by atoms with Crippen LogP contribution in [-0.4, -0.2) is 17.9 Å². The first-order valence-electron chi connectivity index (χ1n) is 6.77. The summed E-state index contributed by atoms with van der Waals surface area (Å²) >= 11 is 0. The van der Waals surface area contributed by atoms with Crippen molar-refractivity contribution >= 4 is 5.91 Å². The maximum Gasteiger partial charge on any atom is 0.254 e. The summed E-state index contributed by atoms with van der Waals surface area (Å²) in [4.78, 5) is 14.1. The molecular formula is C16H18N2O2. The van der Waals surface area contributed by atoms with Crippen molar-refractivity contribution in [3.8, 4) is 0 Å². The van der Waals surface area contributed by atoms with Gasteiger partial charge in [0.05, 0.1) is 6.54 Å². The molecular weight excluding hydrogens is 252 g/mol. The van der Waals surface area contributed by atoms with Crippen LogP contribution >= 0.6 is 0 Å². The van der Waals surface area contributed by atoms with Gasteiger partial charge in [0.25, 0.3) is 5.91 Å². The number of carbonyl (C=O) groups excluding carboxylic acids is 1. The molecule has 0 radical (unpaired) electrons. The van der Waals surface area contributed by atoms with Gasteiger partial charge in [0.15, 0.2) is 0 Å². The predicted molar refractivity (Wildman–Crippen MR) is 76.2 cm³/mol. The quantitative estimate of drug-likeness (QED) is 0.932. The summed E-state index contributed by atoms with van der Waals surface area (Å²) in [6.07, 6.45) is 0. The van der Waals surface area contributed by atoms with Crippen molar-refractivity contribution in [1.29, 1.82) is 0 Å². The lowest BCUT2D eigenvalue weighted by Crippen LogP contribution is -2.26. The second kappa shape index (κ2) is 5.13. The number of hydrogen-bond acceptors (Lipinski definition) is 3. The lowest BCUT2D eigenvalue weighted by atomic mass is 10.1. The third-order valence-electron chi connectivity index (χ3n) is 3.62. The lowest BCUT2D eigenvalue weighted by Gasteiger charge is -2.16. The first-order valence-corrected chi connectivity index (χ1v) is 6.77. The standard InChI is InChI=1S/C16H18N2O2/c1-11-3-6-15(20-11)10-18(2)16(19)12-4-5-13-8-17-9-14(13)7-12/h3-7,17H,8-10H2,1-2H3. The molecule has 0 saturated heterocycles. The van der Waals surface area contributed by atoms with Crippen LogP contribution in [0.25, 0.3) is 0 Å². The monoisotopic (exact) mass is 270 g/mol. The highest BCUT2D eigenvalue weighted by molar-refractivity contribution is 5.94. The molecule has 1 N–H and O–H groups in total. The summed E-state index contributed by atoms with van der Waals surface area (Å²) in [7, 11) is 1.80. The van der Waals surface area contributed by atoms with Gasteiger partial charge >= 0.3 is 0 Å². The molecule has 1 aromatic carbocycles. The molecule has 2 aromatic rings. The van der Waals surface area contributed by atoms with E-state index in [0.717, 1.165) is 30.2 Å². The minimum absolute atomic E-state index is 0.0220. The molecule has 1 amide bonds. The fourth-order valence-electron chi connectivity index (χ4n) is 2.52. The van der Waals surface area contributed by atoms with Gasteiger partial charge in [0.2, 0.25) is 0 Å². The molecule has 0 fully saturated rings. The van der Waals surface area contributed by atoms with E-state index in [9.17, 15) is 4.79 Å². The van der Waals surface area contributed by atoms with Crippen LogP contribution in [0, 0.1) is 6.92 Å². The average molecular weight is 270 g/mol. The summed E-state index contributed by atoms with van der Waals surface area (Å²) in [6.45, 7) is 4.13. The molecule has 0 saturated carbocycles. The highest BCUT2D eigenvalue weighted by atomic mass is 16.3. The number of amides is 1. The molecule has 0 bridgehead atoms. The Labute approximate surface area is 118 Å². The van der Waals surface area contributed by atoms with E-state index in [-0.39, 0.29) is 5.91 Å². The Hall–Kier alpha value is -2.07. The smallest absolute Gasteiger partial charge is 0.254 e. The molecule has 3 rings (SSSR count). The van der Waals surface area contributed by atoms with Crippen LogP contribution in [0.5, 0.6) is 0 Å². The zero-order chi connectivity index (χ0) is 14.1. The summed E-state index contributed by atoms with van der Waals surface area (Å²) < 4.78 is 5.51. The SMILES string of the molecule is Cc1ccc(CN(C)C(=O)c2ccc3c(c2)CNC3)o1. The Morgan fingerprint density at radius 2 is 2.05 bits per heavy atom. The molecule has 2 heterocycles. The average Bonchev–Trinajstić information content (AvgIpc) is 3.05. The number of carbonyl (C=O) groups is 1. The van der Waals surface area contributed by atoms with Crippen molar-refractivity contribution in [2.45, 2.75) is 26.6 Å². The van der Waals surface area contributed by atoms with Crippen LogP contribution in [0.3, 0.4) is 0 Å². The molecule has 4 nitrogen and oxygen atoms in total. The highest BCUT2D eigenvalue weighted by Crippen LogP contribution is 2.18. The fraction of sp³-hybridized carbons (Fsp3) is 0.312. The van der Waals surface area contributed by atoms with E-state index >= 15 is 0 Å². The summed E-state index contributed by atoms with van der Waals surface area (Å²) in [5.41, 5.74) is 3.24. The van der Waals surface area contributed by atoms with E-state index in [0.29, 0.717) is 6.54 Å². The van der Waals surface area contributed by atoms with Gasteiger partial charge in [-0.25, -0.2) is 0 Å². The number of nitrogens with one attached hydrogen (secondary N) is 1. The topological polar surface area (TPSA) is 45.5 Å². The number of aryl methyl sites for hydroxylation is 1. The van der Waals surface area contributed by atoms with E-state index in [4.69, 9.17) is 4.42 Å². The van der Waals surface area contributed by atoms with Crippen molar-refractivity contribution < 1.29 is 9.21 Å².